The van der Waals surface area contributed by atoms with Crippen LogP contribution in [0, 0.1) is 39.5 Å². The van der Waals surface area contributed by atoms with Crippen molar-refractivity contribution in [3.63, 3.8) is 0 Å². The summed E-state index contributed by atoms with van der Waals surface area (Å²) < 4.78 is 77.1. The molecule has 2 saturated heterocycles. The lowest BCUT2D eigenvalue weighted by molar-refractivity contribution is -0.138. The molecule has 6 aromatic rings. The molecule has 10 nitrogen and oxygen atoms in total. The topological polar surface area (TPSA) is 116 Å². The van der Waals surface area contributed by atoms with Crippen LogP contribution >= 0.6 is 0 Å². The van der Waals surface area contributed by atoms with Crippen molar-refractivity contribution in [3.8, 4) is 22.4 Å². The molecule has 72 heavy (non-hydrogen) atoms. The van der Waals surface area contributed by atoms with E-state index in [1.165, 1.54) is 12.1 Å². The number of hydrogen-bond acceptors (Lipinski definition) is 8. The van der Waals surface area contributed by atoms with Gasteiger partial charge < -0.3 is 20.4 Å². The van der Waals surface area contributed by atoms with E-state index < -0.39 is 23.5 Å². The van der Waals surface area contributed by atoms with E-state index in [0.717, 1.165) is 95.1 Å². The van der Waals surface area contributed by atoms with E-state index in [2.05, 4.69) is 44.4 Å². The SMILES string of the molecule is CC.Cc1ccc(-c2cccc(C)n2)c(C(=O)N2CCCC(C)C2CNc2ccc(C(F)(F)F)cn2)c1.Cc1ccc(-c2ccnc(C)c2)c(C(=O)N2CCCC(C)C2CNc2ccc(C(F)(F)F)cn2)c1. The molecule has 4 aromatic heterocycles. The van der Waals surface area contributed by atoms with Gasteiger partial charge in [-0.1, -0.05) is 69.2 Å². The molecule has 2 aliphatic rings. The molecule has 8 rings (SSSR count). The Bertz CT molecular complexity index is 2580. The van der Waals surface area contributed by atoms with Crippen LogP contribution in [0.4, 0.5) is 38.0 Å². The van der Waals surface area contributed by atoms with Gasteiger partial charge in [0.2, 0.25) is 0 Å². The van der Waals surface area contributed by atoms with Crippen molar-refractivity contribution in [2.45, 2.75) is 106 Å². The summed E-state index contributed by atoms with van der Waals surface area (Å²) in [6, 6.07) is 25.8. The van der Waals surface area contributed by atoms with Gasteiger partial charge >= 0.3 is 12.4 Å². The van der Waals surface area contributed by atoms with Gasteiger partial charge in [0.25, 0.3) is 11.8 Å². The van der Waals surface area contributed by atoms with E-state index in [1.807, 2.05) is 118 Å². The molecule has 0 bridgehead atoms. The van der Waals surface area contributed by atoms with Crippen molar-refractivity contribution in [2.24, 2.45) is 11.8 Å². The number of aromatic nitrogens is 4. The number of rotatable bonds is 10. The minimum absolute atomic E-state index is 0.0445. The number of pyridine rings is 4. The maximum Gasteiger partial charge on any atom is 0.417 e. The first-order chi connectivity index (χ1) is 34.3. The fourth-order valence-corrected chi connectivity index (χ4v) is 9.24. The first-order valence-electron chi connectivity index (χ1n) is 24.5. The highest BCUT2D eigenvalue weighted by Crippen LogP contribution is 2.34. The second kappa shape index (κ2) is 24.1. The first-order valence-corrected chi connectivity index (χ1v) is 24.5. The lowest BCUT2D eigenvalue weighted by atomic mass is 9.89. The molecule has 382 valence electrons. The smallest absolute Gasteiger partial charge is 0.368 e. The fourth-order valence-electron chi connectivity index (χ4n) is 9.24. The molecule has 2 amide bonds. The number of anilines is 2. The van der Waals surface area contributed by atoms with Crippen LogP contribution < -0.4 is 10.6 Å². The van der Waals surface area contributed by atoms with Gasteiger partial charge in [-0.3, -0.25) is 19.6 Å². The summed E-state index contributed by atoms with van der Waals surface area (Å²) in [5.41, 5.74) is 6.74. The van der Waals surface area contributed by atoms with Gasteiger partial charge in [0.15, 0.2) is 0 Å². The van der Waals surface area contributed by atoms with E-state index in [4.69, 9.17) is 0 Å². The number of likely N-dealkylation sites (tertiary alicyclic amines) is 2. The number of halogens is 6. The van der Waals surface area contributed by atoms with Crippen LogP contribution in [-0.2, 0) is 12.4 Å². The predicted molar refractivity (Wildman–Crippen MR) is 272 cm³/mol. The highest BCUT2D eigenvalue weighted by molar-refractivity contribution is 6.02. The number of aryl methyl sites for hydroxylation is 4. The molecule has 2 fully saturated rings. The predicted octanol–water partition coefficient (Wildman–Crippen LogP) is 13.3. The Balaban J connectivity index is 0.000000228. The summed E-state index contributed by atoms with van der Waals surface area (Å²) in [6.07, 6.45) is -1.73. The van der Waals surface area contributed by atoms with E-state index in [-0.39, 0.29) is 35.7 Å². The van der Waals surface area contributed by atoms with Crippen LogP contribution in [0.15, 0.2) is 110 Å². The fraction of sp³-hybridized carbons (Fsp3) is 0.393. The van der Waals surface area contributed by atoms with Gasteiger partial charge in [-0.15, -0.1) is 0 Å². The van der Waals surface area contributed by atoms with Gasteiger partial charge in [0.1, 0.15) is 11.6 Å². The van der Waals surface area contributed by atoms with E-state index in [0.29, 0.717) is 48.9 Å². The number of benzene rings is 2. The standard InChI is InChI=1S/2C27H29F3N4O.C2H6/c1-17-9-11-21(23-8-4-7-19(3)33-23)22(14-17)26(35)34-13-5-6-18(2)24(34)16-32-25-12-10-20(15-31-25)27(28,29)30;1-17-6-8-22(20-10-11-31-19(3)14-20)23(13-17)26(35)34-12-4-5-18(2)24(34)16-33-25-9-7-21(15-32-25)27(28,29)30;1-2/h4,7-12,14-15,18,24H,5-6,13,16H2,1-3H3,(H,31,32);6-11,13-15,18,24H,4-5,12,16H2,1-3H3,(H,32,33);1-2H3. The number of carbonyl (C=O) groups is 2. The van der Waals surface area contributed by atoms with Crippen LogP contribution in [0.2, 0.25) is 0 Å². The molecule has 2 aromatic carbocycles. The Morgan fingerprint density at radius 3 is 1.53 bits per heavy atom. The summed E-state index contributed by atoms with van der Waals surface area (Å²) in [4.78, 5) is 48.3. The van der Waals surface area contributed by atoms with Crippen LogP contribution in [-0.4, -0.2) is 79.8 Å². The van der Waals surface area contributed by atoms with Gasteiger partial charge in [0, 0.05) is 72.8 Å². The van der Waals surface area contributed by atoms with Gasteiger partial charge in [-0.25, -0.2) is 9.97 Å². The molecule has 2 aliphatic heterocycles. The maximum atomic E-state index is 13.9. The number of nitrogens with zero attached hydrogens (tertiary/aromatic N) is 6. The minimum Gasteiger partial charge on any atom is -0.368 e. The largest absolute Gasteiger partial charge is 0.417 e. The Morgan fingerprint density at radius 1 is 0.597 bits per heavy atom. The molecular formula is C56H64F6N8O2. The van der Waals surface area contributed by atoms with Crippen molar-refractivity contribution in [2.75, 3.05) is 36.8 Å². The molecule has 16 heteroatoms. The zero-order valence-electron chi connectivity index (χ0n) is 42.1. The van der Waals surface area contributed by atoms with Crippen molar-refractivity contribution < 1.29 is 35.9 Å². The Kier molecular flexibility index (Phi) is 18.2. The van der Waals surface area contributed by atoms with Crippen molar-refractivity contribution in [3.05, 3.63) is 154 Å². The molecule has 0 radical (unpaired) electrons. The third-order valence-electron chi connectivity index (χ3n) is 13.1. The molecule has 4 atom stereocenters. The molecule has 4 unspecified atom stereocenters. The summed E-state index contributed by atoms with van der Waals surface area (Å²) in [6.45, 7) is 18.0. The van der Waals surface area contributed by atoms with Crippen LogP contribution in [0.25, 0.3) is 22.4 Å². The van der Waals surface area contributed by atoms with Crippen LogP contribution in [0.5, 0.6) is 0 Å². The second-order valence-electron chi connectivity index (χ2n) is 18.4. The number of alkyl halides is 6. The lowest BCUT2D eigenvalue weighted by Crippen LogP contribution is -2.51. The molecule has 2 N–H and O–H groups in total. The van der Waals surface area contributed by atoms with E-state index in [1.54, 1.807) is 6.20 Å². The Morgan fingerprint density at radius 2 is 1.08 bits per heavy atom. The first kappa shape index (κ1) is 54.5. The van der Waals surface area contributed by atoms with Crippen LogP contribution in [0.3, 0.4) is 0 Å². The van der Waals surface area contributed by atoms with Gasteiger partial charge in [-0.2, -0.15) is 26.3 Å². The van der Waals surface area contributed by atoms with Crippen molar-refractivity contribution in [1.29, 1.82) is 0 Å². The third kappa shape index (κ3) is 13.8. The summed E-state index contributed by atoms with van der Waals surface area (Å²) in [5, 5.41) is 6.28. The van der Waals surface area contributed by atoms with Crippen molar-refractivity contribution >= 4 is 23.5 Å². The van der Waals surface area contributed by atoms with Gasteiger partial charge in [0.05, 0.1) is 28.9 Å². The highest BCUT2D eigenvalue weighted by atomic mass is 19.4. The Labute approximate surface area is 418 Å². The number of carbonyl (C=O) groups excluding carboxylic acids is 2. The molecule has 0 spiro atoms. The van der Waals surface area contributed by atoms with Crippen LogP contribution in [0.1, 0.15) is 108 Å². The number of piperidine rings is 2. The summed E-state index contributed by atoms with van der Waals surface area (Å²) in [5.74, 6) is 1.05. The molecule has 0 saturated carbocycles. The minimum atomic E-state index is -4.43. The lowest BCUT2D eigenvalue weighted by Gasteiger charge is -2.40. The molecule has 6 heterocycles. The van der Waals surface area contributed by atoms with Crippen molar-refractivity contribution in [1.82, 2.24) is 29.7 Å². The monoisotopic (exact) mass is 995 g/mol. The van der Waals surface area contributed by atoms with E-state index >= 15 is 0 Å². The molecular weight excluding hydrogens is 931 g/mol. The maximum absolute atomic E-state index is 13.9. The summed E-state index contributed by atoms with van der Waals surface area (Å²) >= 11 is 0. The van der Waals surface area contributed by atoms with Gasteiger partial charge in [-0.05, 0) is 137 Å². The summed E-state index contributed by atoms with van der Waals surface area (Å²) in [7, 11) is 0. The zero-order valence-corrected chi connectivity index (χ0v) is 42.1. The quantitative estimate of drug-likeness (QED) is 0.130. The number of hydrogen-bond donors (Lipinski definition) is 2. The average molecular weight is 995 g/mol. The molecule has 0 aliphatic carbocycles. The number of amides is 2. The zero-order chi connectivity index (χ0) is 52.3. The normalized spacial score (nSPS) is 18.0. The average Bonchev–Trinajstić information content (AvgIpc) is 3.35. The number of nitrogens with one attached hydrogen (secondary N) is 2. The second-order valence-corrected chi connectivity index (χ2v) is 18.4. The highest BCUT2D eigenvalue weighted by Gasteiger charge is 2.36. The van der Waals surface area contributed by atoms with E-state index in [9.17, 15) is 35.9 Å². The third-order valence-corrected chi connectivity index (χ3v) is 13.1. The Hall–Kier alpha value is -6.84.